The van der Waals surface area contributed by atoms with E-state index in [0.29, 0.717) is 22.3 Å². The maximum atomic E-state index is 12.3. The van der Waals surface area contributed by atoms with Crippen LogP contribution in [-0.2, 0) is 6.42 Å². The fraction of sp³-hybridized carbons (Fsp3) is 0.158. The summed E-state index contributed by atoms with van der Waals surface area (Å²) in [6.45, 7) is 2.71. The normalized spacial score (nSPS) is 13.0. The van der Waals surface area contributed by atoms with Crippen LogP contribution in [0.3, 0.4) is 0 Å². The molecule has 5 nitrogen and oxygen atoms in total. The predicted octanol–water partition coefficient (Wildman–Crippen LogP) is 4.95. The lowest BCUT2D eigenvalue weighted by molar-refractivity contribution is 0.251. The minimum absolute atomic E-state index is 0.359. The van der Waals surface area contributed by atoms with Gasteiger partial charge in [0.1, 0.15) is 0 Å². The summed E-state index contributed by atoms with van der Waals surface area (Å²) in [6.07, 6.45) is 0.833. The first-order valence-corrected chi connectivity index (χ1v) is 8.96. The van der Waals surface area contributed by atoms with Crippen LogP contribution in [-0.4, -0.2) is 17.6 Å². The zero-order chi connectivity index (χ0) is 18.3. The average Bonchev–Trinajstić information content (AvgIpc) is 2.98. The summed E-state index contributed by atoms with van der Waals surface area (Å²) in [5, 5.41) is 6.46. The summed E-state index contributed by atoms with van der Waals surface area (Å²) >= 11 is 11.9. The van der Waals surface area contributed by atoms with Gasteiger partial charge in [-0.1, -0.05) is 35.3 Å². The Balaban J connectivity index is 1.53. The van der Waals surface area contributed by atoms with Crippen molar-refractivity contribution in [3.05, 3.63) is 63.6 Å². The maximum absolute atomic E-state index is 12.3. The number of hydrogen-bond donors (Lipinski definition) is 2. The number of nitrogens with zero attached hydrogens (tertiary/aromatic N) is 2. The van der Waals surface area contributed by atoms with Crippen molar-refractivity contribution in [2.45, 2.75) is 13.3 Å². The van der Waals surface area contributed by atoms with Crippen molar-refractivity contribution in [3.8, 4) is 0 Å². The first-order chi connectivity index (χ1) is 12.5. The highest BCUT2D eigenvalue weighted by Gasteiger charge is 2.23. The Hall–Kier alpha value is -2.50. The number of fused-ring (bicyclic) bond motifs is 2. The van der Waals surface area contributed by atoms with Crippen molar-refractivity contribution >= 4 is 51.6 Å². The van der Waals surface area contributed by atoms with Gasteiger partial charge >= 0.3 is 6.03 Å². The number of benzene rings is 2. The molecule has 1 aliphatic heterocycles. The second-order valence-electron chi connectivity index (χ2n) is 6.26. The van der Waals surface area contributed by atoms with Crippen LogP contribution >= 0.6 is 23.2 Å². The van der Waals surface area contributed by atoms with E-state index in [1.54, 1.807) is 23.2 Å². The molecule has 1 aromatic heterocycles. The minimum atomic E-state index is -0.359. The Bertz CT molecular complexity index is 1020. The largest absolute Gasteiger partial charge is 0.338 e. The SMILES string of the molecule is Cc1ccc2cc3c(nc2c1)N(NC(=O)Nc1ccc(Cl)c(Cl)c1)CC3. The summed E-state index contributed by atoms with van der Waals surface area (Å²) in [6, 6.07) is 12.9. The summed E-state index contributed by atoms with van der Waals surface area (Å²) in [5.74, 6) is 0.785. The van der Waals surface area contributed by atoms with Crippen LogP contribution in [0, 0.1) is 6.92 Å². The molecule has 4 rings (SSSR count). The van der Waals surface area contributed by atoms with Crippen molar-refractivity contribution in [2.75, 3.05) is 16.9 Å². The second-order valence-corrected chi connectivity index (χ2v) is 7.08. The molecule has 2 amide bonds. The molecule has 0 saturated carbocycles. The monoisotopic (exact) mass is 386 g/mol. The number of halogens is 2. The highest BCUT2D eigenvalue weighted by molar-refractivity contribution is 6.42. The van der Waals surface area contributed by atoms with Gasteiger partial charge in [0, 0.05) is 17.6 Å². The van der Waals surface area contributed by atoms with E-state index in [1.165, 1.54) is 0 Å². The van der Waals surface area contributed by atoms with Crippen molar-refractivity contribution < 1.29 is 4.79 Å². The Kier molecular flexibility index (Phi) is 4.34. The Morgan fingerprint density at radius 3 is 2.77 bits per heavy atom. The number of amides is 2. The number of hydrazine groups is 1. The quantitative estimate of drug-likeness (QED) is 0.654. The van der Waals surface area contributed by atoms with Crippen LogP contribution in [0.25, 0.3) is 10.9 Å². The van der Waals surface area contributed by atoms with Crippen LogP contribution in [0.1, 0.15) is 11.1 Å². The Morgan fingerprint density at radius 1 is 1.12 bits per heavy atom. The lowest BCUT2D eigenvalue weighted by Gasteiger charge is -2.20. The smallest absolute Gasteiger partial charge is 0.307 e. The van der Waals surface area contributed by atoms with Crippen LogP contribution in [0.5, 0.6) is 0 Å². The van der Waals surface area contributed by atoms with Crippen molar-refractivity contribution in [3.63, 3.8) is 0 Å². The fourth-order valence-electron chi connectivity index (χ4n) is 3.03. The molecule has 0 bridgehead atoms. The van der Waals surface area contributed by atoms with Gasteiger partial charge in [-0.25, -0.2) is 15.2 Å². The van der Waals surface area contributed by atoms with E-state index in [2.05, 4.69) is 28.9 Å². The highest BCUT2D eigenvalue weighted by Crippen LogP contribution is 2.29. The lowest BCUT2D eigenvalue weighted by atomic mass is 10.1. The van der Waals surface area contributed by atoms with E-state index in [4.69, 9.17) is 28.2 Å². The number of rotatable bonds is 2. The molecule has 3 aromatic rings. The van der Waals surface area contributed by atoms with E-state index < -0.39 is 0 Å². The summed E-state index contributed by atoms with van der Waals surface area (Å²) in [5.41, 5.74) is 6.60. The average molecular weight is 387 g/mol. The number of hydrogen-bond acceptors (Lipinski definition) is 3. The van der Waals surface area contributed by atoms with Crippen molar-refractivity contribution in [1.82, 2.24) is 10.4 Å². The van der Waals surface area contributed by atoms with Crippen LogP contribution in [0.2, 0.25) is 10.0 Å². The van der Waals surface area contributed by atoms with E-state index in [0.717, 1.165) is 34.3 Å². The van der Waals surface area contributed by atoms with Crippen LogP contribution < -0.4 is 15.8 Å². The van der Waals surface area contributed by atoms with E-state index in [-0.39, 0.29) is 6.03 Å². The van der Waals surface area contributed by atoms with Crippen LogP contribution in [0.4, 0.5) is 16.3 Å². The molecule has 0 spiro atoms. The van der Waals surface area contributed by atoms with Gasteiger partial charge < -0.3 is 5.32 Å². The first kappa shape index (κ1) is 16.9. The fourth-order valence-corrected chi connectivity index (χ4v) is 3.33. The third-order valence-electron chi connectivity index (χ3n) is 4.30. The molecule has 132 valence electrons. The molecule has 26 heavy (non-hydrogen) atoms. The lowest BCUT2D eigenvalue weighted by Crippen LogP contribution is -2.44. The zero-order valence-corrected chi connectivity index (χ0v) is 15.5. The number of pyridine rings is 1. The standard InChI is InChI=1S/C19H16Cl2N4O/c1-11-2-3-12-9-13-6-7-25(18(13)23-17(12)8-11)24-19(26)22-14-4-5-15(20)16(21)10-14/h2-5,8-10H,6-7H2,1H3,(H2,22,24,26). The van der Waals surface area contributed by atoms with E-state index in [9.17, 15) is 4.79 Å². The molecule has 0 saturated heterocycles. The van der Waals surface area contributed by atoms with Gasteiger partial charge in [-0.3, -0.25) is 5.01 Å². The molecule has 2 heterocycles. The summed E-state index contributed by atoms with van der Waals surface area (Å²) in [7, 11) is 0. The first-order valence-electron chi connectivity index (χ1n) is 8.20. The zero-order valence-electron chi connectivity index (χ0n) is 14.0. The number of carbonyl (C=O) groups is 1. The number of carbonyl (C=O) groups excluding carboxylic acids is 1. The molecular formula is C19H16Cl2N4O. The maximum Gasteiger partial charge on any atom is 0.338 e. The molecular weight excluding hydrogens is 371 g/mol. The third-order valence-corrected chi connectivity index (χ3v) is 5.04. The minimum Gasteiger partial charge on any atom is -0.307 e. The topological polar surface area (TPSA) is 57.3 Å². The van der Waals surface area contributed by atoms with Crippen molar-refractivity contribution in [2.24, 2.45) is 0 Å². The Labute approximate surface area is 160 Å². The predicted molar refractivity (Wildman–Crippen MR) is 106 cm³/mol. The molecule has 0 fully saturated rings. The molecule has 2 N–H and O–H groups in total. The molecule has 7 heteroatoms. The molecule has 0 unspecified atom stereocenters. The molecule has 1 aliphatic rings. The second kappa shape index (κ2) is 6.67. The van der Waals surface area contributed by atoms with Gasteiger partial charge in [0.05, 0.1) is 15.6 Å². The van der Waals surface area contributed by atoms with Gasteiger partial charge in [-0.05, 0) is 54.8 Å². The van der Waals surface area contributed by atoms with Gasteiger partial charge in [-0.15, -0.1) is 0 Å². The van der Waals surface area contributed by atoms with Gasteiger partial charge in [-0.2, -0.15) is 0 Å². The number of aromatic nitrogens is 1. The van der Waals surface area contributed by atoms with Crippen molar-refractivity contribution in [1.29, 1.82) is 0 Å². The third kappa shape index (κ3) is 3.28. The molecule has 2 aromatic carbocycles. The molecule has 0 radical (unpaired) electrons. The summed E-state index contributed by atoms with van der Waals surface area (Å²) < 4.78 is 0. The molecule has 0 atom stereocenters. The summed E-state index contributed by atoms with van der Waals surface area (Å²) in [4.78, 5) is 17.1. The molecule has 0 aliphatic carbocycles. The number of urea groups is 1. The van der Waals surface area contributed by atoms with Gasteiger partial charge in [0.2, 0.25) is 0 Å². The number of anilines is 2. The Morgan fingerprint density at radius 2 is 1.96 bits per heavy atom. The van der Waals surface area contributed by atoms with Crippen LogP contribution in [0.15, 0.2) is 42.5 Å². The van der Waals surface area contributed by atoms with E-state index >= 15 is 0 Å². The van der Waals surface area contributed by atoms with E-state index in [1.807, 2.05) is 13.0 Å². The van der Waals surface area contributed by atoms with Gasteiger partial charge in [0.15, 0.2) is 5.82 Å². The number of nitrogens with one attached hydrogen (secondary N) is 2. The number of aryl methyl sites for hydroxylation is 1. The highest BCUT2D eigenvalue weighted by atomic mass is 35.5. The van der Waals surface area contributed by atoms with Gasteiger partial charge in [0.25, 0.3) is 0 Å².